The molecule has 21 heavy (non-hydrogen) atoms. The van der Waals surface area contributed by atoms with Crippen molar-refractivity contribution in [1.82, 2.24) is 24.5 Å². The van der Waals surface area contributed by atoms with Crippen molar-refractivity contribution in [3.63, 3.8) is 0 Å². The minimum absolute atomic E-state index is 0.828. The van der Waals surface area contributed by atoms with Crippen LogP contribution in [0.15, 0.2) is 29.0 Å². The lowest BCUT2D eigenvalue weighted by Crippen LogP contribution is -2.45. The molecule has 1 aliphatic heterocycles. The van der Waals surface area contributed by atoms with Crippen LogP contribution in [-0.4, -0.2) is 57.7 Å². The van der Waals surface area contributed by atoms with Crippen LogP contribution >= 0.6 is 15.9 Å². The summed E-state index contributed by atoms with van der Waals surface area (Å²) < 4.78 is 3.04. The zero-order valence-corrected chi connectivity index (χ0v) is 13.3. The number of aromatic nitrogens is 4. The number of nitrogens with zero attached hydrogens (tertiary/aromatic N) is 6. The maximum Gasteiger partial charge on any atom is 0.204 e. The molecule has 0 N–H and O–H groups in total. The van der Waals surface area contributed by atoms with Gasteiger partial charge in [0, 0.05) is 30.7 Å². The Balaban J connectivity index is 1.92. The first kappa shape index (κ1) is 13.0. The van der Waals surface area contributed by atoms with Crippen LogP contribution in [0.25, 0.3) is 16.7 Å². The van der Waals surface area contributed by atoms with E-state index in [1.165, 1.54) is 0 Å². The average Bonchev–Trinajstić information content (AvgIpc) is 2.96. The number of benzene rings is 1. The first-order valence-corrected chi connectivity index (χ1v) is 7.74. The smallest absolute Gasteiger partial charge is 0.204 e. The number of rotatable bonds is 1. The number of piperazine rings is 1. The van der Waals surface area contributed by atoms with Crippen LogP contribution in [0.2, 0.25) is 0 Å². The molecule has 1 saturated heterocycles. The summed E-state index contributed by atoms with van der Waals surface area (Å²) in [4.78, 5) is 9.46. The van der Waals surface area contributed by atoms with E-state index in [-0.39, 0.29) is 0 Å². The third-order valence-corrected chi connectivity index (χ3v) is 4.47. The molecule has 0 atom stereocenters. The number of hydrogen-bond acceptors (Lipinski definition) is 5. The predicted octanol–water partition coefficient (Wildman–Crippen LogP) is 1.79. The fourth-order valence-corrected chi connectivity index (χ4v) is 3.10. The quantitative estimate of drug-likeness (QED) is 0.672. The van der Waals surface area contributed by atoms with E-state index < -0.39 is 0 Å². The van der Waals surface area contributed by atoms with E-state index in [1.54, 1.807) is 6.33 Å². The van der Waals surface area contributed by atoms with Gasteiger partial charge in [-0.05, 0) is 25.2 Å². The highest BCUT2D eigenvalue weighted by Gasteiger charge is 2.20. The number of halogens is 1. The van der Waals surface area contributed by atoms with Crippen LogP contribution in [0.4, 0.5) is 5.82 Å². The van der Waals surface area contributed by atoms with Gasteiger partial charge in [-0.1, -0.05) is 15.9 Å². The normalized spacial score (nSPS) is 17.0. The second kappa shape index (κ2) is 4.92. The highest BCUT2D eigenvalue weighted by atomic mass is 79.9. The molecule has 0 spiro atoms. The molecule has 0 bridgehead atoms. The Hall–Kier alpha value is -1.73. The summed E-state index contributed by atoms with van der Waals surface area (Å²) >= 11 is 3.51. The third kappa shape index (κ3) is 2.16. The molecule has 1 aliphatic rings. The van der Waals surface area contributed by atoms with Crippen molar-refractivity contribution in [3.8, 4) is 0 Å². The number of hydrogen-bond donors (Lipinski definition) is 0. The van der Waals surface area contributed by atoms with E-state index >= 15 is 0 Å². The van der Waals surface area contributed by atoms with Gasteiger partial charge in [-0.15, -0.1) is 10.2 Å². The van der Waals surface area contributed by atoms with Crippen molar-refractivity contribution in [2.24, 2.45) is 0 Å². The molecule has 0 radical (unpaired) electrons. The van der Waals surface area contributed by atoms with Gasteiger partial charge in [0.15, 0.2) is 5.82 Å². The Morgan fingerprint density at radius 1 is 1.14 bits per heavy atom. The molecule has 4 rings (SSSR count). The molecule has 6 nitrogen and oxygen atoms in total. The number of anilines is 1. The standard InChI is InChI=1S/C14H15BrN6/c1-19-4-6-20(7-5-19)13-14-18-16-9-21(14)12-3-2-10(15)8-11(12)17-13/h2-3,8-9H,4-7H2,1H3. The molecule has 0 aliphatic carbocycles. The van der Waals surface area contributed by atoms with Gasteiger partial charge < -0.3 is 9.80 Å². The largest absolute Gasteiger partial charge is 0.351 e. The SMILES string of the molecule is CN1CCN(c2nc3cc(Br)ccc3n3cnnc23)CC1. The maximum atomic E-state index is 4.84. The van der Waals surface area contributed by atoms with E-state index in [4.69, 9.17) is 4.98 Å². The topological polar surface area (TPSA) is 49.6 Å². The van der Waals surface area contributed by atoms with E-state index in [1.807, 2.05) is 22.6 Å². The van der Waals surface area contributed by atoms with Crippen molar-refractivity contribution in [1.29, 1.82) is 0 Å². The van der Waals surface area contributed by atoms with Crippen molar-refractivity contribution >= 4 is 38.4 Å². The van der Waals surface area contributed by atoms with Crippen molar-refractivity contribution in [2.45, 2.75) is 0 Å². The Labute approximate surface area is 130 Å². The molecule has 7 heteroatoms. The van der Waals surface area contributed by atoms with Gasteiger partial charge in [-0.25, -0.2) is 4.98 Å². The first-order valence-electron chi connectivity index (χ1n) is 6.95. The third-order valence-electron chi connectivity index (χ3n) is 3.97. The molecular weight excluding hydrogens is 332 g/mol. The Kier molecular flexibility index (Phi) is 3.04. The molecule has 3 aromatic rings. The van der Waals surface area contributed by atoms with Crippen molar-refractivity contribution in [3.05, 3.63) is 29.0 Å². The minimum atomic E-state index is 0.828. The van der Waals surface area contributed by atoms with Gasteiger partial charge >= 0.3 is 0 Å². The molecular formula is C14H15BrN6. The molecule has 1 aromatic carbocycles. The van der Waals surface area contributed by atoms with Gasteiger partial charge in [-0.2, -0.15) is 0 Å². The first-order chi connectivity index (χ1) is 10.2. The second-order valence-electron chi connectivity index (χ2n) is 5.38. The van der Waals surface area contributed by atoms with Crippen LogP contribution in [-0.2, 0) is 0 Å². The number of fused-ring (bicyclic) bond motifs is 3. The van der Waals surface area contributed by atoms with Crippen molar-refractivity contribution < 1.29 is 0 Å². The van der Waals surface area contributed by atoms with Crippen LogP contribution < -0.4 is 4.90 Å². The summed E-state index contributed by atoms with van der Waals surface area (Å²) in [6.45, 7) is 4.01. The fraction of sp³-hybridized carbons (Fsp3) is 0.357. The molecule has 1 fully saturated rings. The molecule has 2 aromatic heterocycles. The molecule has 3 heterocycles. The van der Waals surface area contributed by atoms with Gasteiger partial charge in [0.05, 0.1) is 11.0 Å². The lowest BCUT2D eigenvalue weighted by molar-refractivity contribution is 0.312. The maximum absolute atomic E-state index is 4.84. The van der Waals surface area contributed by atoms with Crippen LogP contribution in [0.5, 0.6) is 0 Å². The minimum Gasteiger partial charge on any atom is -0.351 e. The van der Waals surface area contributed by atoms with Crippen LogP contribution in [0.3, 0.4) is 0 Å². The predicted molar refractivity (Wildman–Crippen MR) is 85.7 cm³/mol. The van der Waals surface area contributed by atoms with Gasteiger partial charge in [0.1, 0.15) is 6.33 Å². The summed E-state index contributed by atoms with van der Waals surface area (Å²) in [5.41, 5.74) is 2.80. The average molecular weight is 347 g/mol. The summed E-state index contributed by atoms with van der Waals surface area (Å²) in [6.07, 6.45) is 1.76. The highest BCUT2D eigenvalue weighted by Crippen LogP contribution is 2.25. The fourth-order valence-electron chi connectivity index (χ4n) is 2.75. The number of likely N-dealkylation sites (N-methyl/N-ethyl adjacent to an activating group) is 1. The van der Waals surface area contributed by atoms with E-state index in [2.05, 4.69) is 43.0 Å². The van der Waals surface area contributed by atoms with Gasteiger partial charge in [0.2, 0.25) is 5.65 Å². The van der Waals surface area contributed by atoms with Crippen molar-refractivity contribution in [2.75, 3.05) is 38.1 Å². The lowest BCUT2D eigenvalue weighted by atomic mass is 10.3. The molecule has 0 unspecified atom stereocenters. The van der Waals surface area contributed by atoms with Gasteiger partial charge in [0.25, 0.3) is 0 Å². The Morgan fingerprint density at radius 3 is 2.76 bits per heavy atom. The van der Waals surface area contributed by atoms with E-state index in [9.17, 15) is 0 Å². The molecule has 0 amide bonds. The summed E-state index contributed by atoms with van der Waals surface area (Å²) in [5.74, 6) is 0.922. The Morgan fingerprint density at radius 2 is 1.95 bits per heavy atom. The Bertz CT molecular complexity index is 806. The van der Waals surface area contributed by atoms with Crippen LogP contribution in [0, 0.1) is 0 Å². The lowest BCUT2D eigenvalue weighted by Gasteiger charge is -2.33. The summed E-state index contributed by atoms with van der Waals surface area (Å²) in [7, 11) is 2.15. The van der Waals surface area contributed by atoms with E-state index in [0.717, 1.165) is 53.2 Å². The summed E-state index contributed by atoms with van der Waals surface area (Å²) in [5, 5.41) is 8.34. The zero-order chi connectivity index (χ0) is 14.4. The van der Waals surface area contributed by atoms with E-state index in [0.29, 0.717) is 0 Å². The van der Waals surface area contributed by atoms with Crippen LogP contribution in [0.1, 0.15) is 0 Å². The molecule has 0 saturated carbocycles. The monoisotopic (exact) mass is 346 g/mol. The summed E-state index contributed by atoms with van der Waals surface area (Å²) in [6, 6.07) is 6.09. The molecule has 108 valence electrons. The highest BCUT2D eigenvalue weighted by molar-refractivity contribution is 9.10. The second-order valence-corrected chi connectivity index (χ2v) is 6.30. The van der Waals surface area contributed by atoms with Gasteiger partial charge in [-0.3, -0.25) is 4.40 Å². The zero-order valence-electron chi connectivity index (χ0n) is 11.7.